The Kier molecular flexibility index (Phi) is 4.14. The third kappa shape index (κ3) is 6.34. The van der Waals surface area contributed by atoms with Crippen molar-refractivity contribution in [2.24, 2.45) is 0 Å². The van der Waals surface area contributed by atoms with E-state index in [-0.39, 0.29) is 11.9 Å². The van der Waals surface area contributed by atoms with Crippen LogP contribution >= 0.6 is 0 Å². The molecule has 0 aromatic carbocycles. The van der Waals surface area contributed by atoms with E-state index in [4.69, 9.17) is 0 Å². The molecule has 13 heavy (non-hydrogen) atoms. The first kappa shape index (κ1) is 12.2. The number of carbonyl (C=O) groups excluding carboxylic acids is 1. The molecule has 0 aromatic rings. The largest absolute Gasteiger partial charge is 0.344 e. The highest BCUT2D eigenvalue weighted by Gasteiger charge is 2.15. The smallest absolute Gasteiger partial charge is 0.246 e. The van der Waals surface area contributed by atoms with Gasteiger partial charge in [0.25, 0.3) is 0 Å². The highest BCUT2D eigenvalue weighted by atomic mass is 16.1. The first-order valence-electron chi connectivity index (χ1n) is 4.49. The van der Waals surface area contributed by atoms with Crippen LogP contribution in [0.2, 0.25) is 0 Å². The van der Waals surface area contributed by atoms with Crippen LogP contribution in [0.25, 0.3) is 0 Å². The number of hydrogen-bond donors (Lipinski definition) is 1. The molecule has 0 bridgehead atoms. The number of quaternary nitrogens is 1. The van der Waals surface area contributed by atoms with Crippen molar-refractivity contribution in [1.29, 1.82) is 0 Å². The van der Waals surface area contributed by atoms with E-state index in [2.05, 4.69) is 33.0 Å². The lowest BCUT2D eigenvalue weighted by atomic mass is 10.2. The maximum atomic E-state index is 11.2. The van der Waals surface area contributed by atoms with Gasteiger partial charge >= 0.3 is 0 Å². The average Bonchev–Trinajstić information content (AvgIpc) is 1.81. The lowest BCUT2D eigenvalue weighted by molar-refractivity contribution is -0.871. The van der Waals surface area contributed by atoms with E-state index in [0.717, 1.165) is 11.0 Å². The second kappa shape index (κ2) is 4.42. The first-order chi connectivity index (χ1) is 5.72. The molecule has 0 heterocycles. The number of carbonyl (C=O) groups is 1. The van der Waals surface area contributed by atoms with Crippen molar-refractivity contribution in [2.75, 3.05) is 27.7 Å². The molecule has 0 saturated carbocycles. The van der Waals surface area contributed by atoms with Gasteiger partial charge < -0.3 is 9.80 Å². The van der Waals surface area contributed by atoms with E-state index in [1.165, 1.54) is 0 Å². The highest BCUT2D eigenvalue weighted by molar-refractivity contribution is 5.92. The van der Waals surface area contributed by atoms with Crippen molar-refractivity contribution in [3.8, 4) is 0 Å². The van der Waals surface area contributed by atoms with Crippen LogP contribution in [0, 0.1) is 0 Å². The maximum Gasteiger partial charge on any atom is 0.246 e. The van der Waals surface area contributed by atoms with Gasteiger partial charge in [0.1, 0.15) is 0 Å². The number of hydrogen-bond acceptors (Lipinski definition) is 1. The molecule has 0 saturated heterocycles. The standard InChI is InChI=1S/C10H20N2O/c1-8(2)10(13)11-9(3)7-12(4,5)6/h9H,1,7H2,2-6H3/p+1. The topological polar surface area (TPSA) is 29.1 Å². The lowest BCUT2D eigenvalue weighted by Gasteiger charge is -2.27. The van der Waals surface area contributed by atoms with Crippen molar-refractivity contribution in [1.82, 2.24) is 5.32 Å². The van der Waals surface area contributed by atoms with E-state index in [1.807, 2.05) is 6.92 Å². The number of nitrogens with zero attached hydrogens (tertiary/aromatic N) is 1. The van der Waals surface area contributed by atoms with Gasteiger partial charge in [-0.05, 0) is 13.8 Å². The van der Waals surface area contributed by atoms with Crippen molar-refractivity contribution < 1.29 is 9.28 Å². The van der Waals surface area contributed by atoms with Gasteiger partial charge in [0.05, 0.1) is 33.7 Å². The summed E-state index contributed by atoms with van der Waals surface area (Å²) in [5, 5.41) is 2.88. The fourth-order valence-corrected chi connectivity index (χ4v) is 1.21. The van der Waals surface area contributed by atoms with Crippen LogP contribution in [-0.4, -0.2) is 44.1 Å². The number of nitrogens with one attached hydrogen (secondary N) is 1. The van der Waals surface area contributed by atoms with Gasteiger partial charge in [0.2, 0.25) is 5.91 Å². The zero-order chi connectivity index (χ0) is 10.6. The van der Waals surface area contributed by atoms with Gasteiger partial charge in [-0.25, -0.2) is 0 Å². The molecule has 76 valence electrons. The van der Waals surface area contributed by atoms with Crippen molar-refractivity contribution in [2.45, 2.75) is 19.9 Å². The Balaban J connectivity index is 3.95. The molecule has 0 aliphatic rings. The maximum absolute atomic E-state index is 11.2. The summed E-state index contributed by atoms with van der Waals surface area (Å²) in [7, 11) is 6.30. The molecule has 0 aliphatic heterocycles. The number of rotatable bonds is 4. The summed E-state index contributed by atoms with van der Waals surface area (Å²) < 4.78 is 0.845. The molecule has 0 aromatic heterocycles. The van der Waals surface area contributed by atoms with Gasteiger partial charge in [-0.15, -0.1) is 0 Å². The van der Waals surface area contributed by atoms with Gasteiger partial charge in [-0.2, -0.15) is 0 Å². The molecule has 3 nitrogen and oxygen atoms in total. The molecule has 0 aliphatic carbocycles. The highest BCUT2D eigenvalue weighted by Crippen LogP contribution is 1.96. The molecule has 1 amide bonds. The van der Waals surface area contributed by atoms with Crippen molar-refractivity contribution in [3.63, 3.8) is 0 Å². The van der Waals surface area contributed by atoms with Gasteiger partial charge in [0.15, 0.2) is 0 Å². The van der Waals surface area contributed by atoms with Gasteiger partial charge in [-0.3, -0.25) is 4.79 Å². The van der Waals surface area contributed by atoms with Crippen LogP contribution in [0.3, 0.4) is 0 Å². The van der Waals surface area contributed by atoms with Crippen LogP contribution in [0.5, 0.6) is 0 Å². The Morgan fingerprint density at radius 1 is 1.46 bits per heavy atom. The van der Waals surface area contributed by atoms with Crippen LogP contribution in [-0.2, 0) is 4.79 Å². The SMILES string of the molecule is C=C(C)C(=O)NC(C)C[N+](C)(C)C. The summed E-state index contributed by atoms with van der Waals surface area (Å²) >= 11 is 0. The number of amides is 1. The molecule has 0 radical (unpaired) electrons. The molecule has 0 spiro atoms. The molecule has 0 rings (SSSR count). The predicted octanol–water partition coefficient (Wildman–Crippen LogP) is 0.773. The normalized spacial score (nSPS) is 13.6. The summed E-state index contributed by atoms with van der Waals surface area (Å²) in [6, 6.07) is 0.184. The van der Waals surface area contributed by atoms with E-state index in [9.17, 15) is 4.79 Å². The van der Waals surface area contributed by atoms with Crippen LogP contribution in [0.4, 0.5) is 0 Å². The van der Waals surface area contributed by atoms with Crippen LogP contribution in [0.15, 0.2) is 12.2 Å². The Bertz CT molecular complexity index is 203. The molecule has 1 atom stereocenters. The van der Waals surface area contributed by atoms with E-state index >= 15 is 0 Å². The van der Waals surface area contributed by atoms with Crippen LogP contribution in [0.1, 0.15) is 13.8 Å². The van der Waals surface area contributed by atoms with Crippen LogP contribution < -0.4 is 5.32 Å². The van der Waals surface area contributed by atoms with Crippen molar-refractivity contribution >= 4 is 5.91 Å². The molecule has 0 fully saturated rings. The lowest BCUT2D eigenvalue weighted by Crippen LogP contribution is -2.47. The Morgan fingerprint density at radius 3 is 2.23 bits per heavy atom. The van der Waals surface area contributed by atoms with Crippen molar-refractivity contribution in [3.05, 3.63) is 12.2 Å². The zero-order valence-corrected chi connectivity index (χ0v) is 9.35. The minimum atomic E-state index is -0.0547. The fraction of sp³-hybridized carbons (Fsp3) is 0.700. The second-order valence-electron chi connectivity index (χ2n) is 4.63. The van der Waals surface area contributed by atoms with E-state index in [1.54, 1.807) is 6.92 Å². The number of likely N-dealkylation sites (N-methyl/N-ethyl adjacent to an activating group) is 1. The van der Waals surface area contributed by atoms with E-state index in [0.29, 0.717) is 5.57 Å². The van der Waals surface area contributed by atoms with Gasteiger partial charge in [-0.1, -0.05) is 6.58 Å². The summed E-state index contributed by atoms with van der Waals surface area (Å²) in [5.74, 6) is -0.0547. The van der Waals surface area contributed by atoms with Gasteiger partial charge in [0, 0.05) is 5.57 Å². The Labute approximate surface area is 81.0 Å². The second-order valence-corrected chi connectivity index (χ2v) is 4.63. The predicted molar refractivity (Wildman–Crippen MR) is 55.3 cm³/mol. The minimum Gasteiger partial charge on any atom is -0.344 e. The quantitative estimate of drug-likeness (QED) is 0.509. The monoisotopic (exact) mass is 185 g/mol. The third-order valence-corrected chi connectivity index (χ3v) is 1.59. The third-order valence-electron chi connectivity index (χ3n) is 1.59. The fourth-order valence-electron chi connectivity index (χ4n) is 1.21. The first-order valence-corrected chi connectivity index (χ1v) is 4.49. The molecule has 1 N–H and O–H groups in total. The average molecular weight is 185 g/mol. The molecular formula is C10H21N2O+. The minimum absolute atomic E-state index is 0.0547. The summed E-state index contributed by atoms with van der Waals surface area (Å²) in [6.45, 7) is 8.22. The zero-order valence-electron chi connectivity index (χ0n) is 9.35. The molecule has 1 unspecified atom stereocenters. The Hall–Kier alpha value is -0.830. The van der Waals surface area contributed by atoms with E-state index < -0.39 is 0 Å². The summed E-state index contributed by atoms with van der Waals surface area (Å²) in [5.41, 5.74) is 0.563. The Morgan fingerprint density at radius 2 is 1.92 bits per heavy atom. The molecular weight excluding hydrogens is 164 g/mol. The summed E-state index contributed by atoms with van der Waals surface area (Å²) in [6.07, 6.45) is 0. The summed E-state index contributed by atoms with van der Waals surface area (Å²) in [4.78, 5) is 11.2. The molecule has 3 heteroatoms.